The summed E-state index contributed by atoms with van der Waals surface area (Å²) >= 11 is 0. The Hall–Kier alpha value is -3.72. The zero-order valence-electron chi connectivity index (χ0n) is 17.4. The number of morpholine rings is 1. The van der Waals surface area contributed by atoms with E-state index in [9.17, 15) is 4.79 Å². The second-order valence-electron chi connectivity index (χ2n) is 7.50. The molecule has 4 heterocycles. The topological polar surface area (TPSA) is 101 Å². The molecular formula is C22H23N7O2. The number of carbonyl (C=O) groups is 1. The maximum absolute atomic E-state index is 12.9. The molecular weight excluding hydrogens is 394 g/mol. The summed E-state index contributed by atoms with van der Waals surface area (Å²) in [6.45, 7) is 4.83. The van der Waals surface area contributed by atoms with E-state index in [0.29, 0.717) is 36.1 Å². The third-order valence-electron chi connectivity index (χ3n) is 5.40. The van der Waals surface area contributed by atoms with Gasteiger partial charge in [-0.2, -0.15) is 5.10 Å². The number of aromatic nitrogens is 5. The highest BCUT2D eigenvalue weighted by Gasteiger charge is 2.18. The molecule has 0 spiro atoms. The molecule has 5 rings (SSSR count). The first-order valence-electron chi connectivity index (χ1n) is 10.2. The maximum atomic E-state index is 12.9. The van der Waals surface area contributed by atoms with Crippen molar-refractivity contribution in [2.24, 2.45) is 7.05 Å². The van der Waals surface area contributed by atoms with Crippen LogP contribution in [0.5, 0.6) is 0 Å². The standard InChI is InChI=1S/C22H23N7O2/c1-14-15(7-8-20(23-14)29-9-11-31-12-10-29)22(30)26-19-13-18(28(2)27-19)21-24-16-5-3-4-6-17(16)25-21/h3-8,13H,9-12H2,1-2H3,(H,24,25)(H,26,27,30). The number of hydrogen-bond acceptors (Lipinski definition) is 6. The van der Waals surface area contributed by atoms with Crippen molar-refractivity contribution in [3.63, 3.8) is 0 Å². The molecule has 4 aromatic rings. The summed E-state index contributed by atoms with van der Waals surface area (Å²) in [7, 11) is 1.82. The Bertz CT molecular complexity index is 1220. The molecule has 0 atom stereocenters. The van der Waals surface area contributed by atoms with E-state index in [2.05, 4.69) is 30.3 Å². The number of fused-ring (bicyclic) bond motifs is 1. The highest BCUT2D eigenvalue weighted by Crippen LogP contribution is 2.23. The Kier molecular flexibility index (Phi) is 4.87. The number of nitrogens with zero attached hydrogens (tertiary/aromatic N) is 5. The molecule has 9 nitrogen and oxygen atoms in total. The van der Waals surface area contributed by atoms with Gasteiger partial charge in [0.25, 0.3) is 5.91 Å². The summed E-state index contributed by atoms with van der Waals surface area (Å²) in [6, 6.07) is 13.3. The number of aromatic amines is 1. The normalized spacial score (nSPS) is 14.2. The minimum Gasteiger partial charge on any atom is -0.378 e. The van der Waals surface area contributed by atoms with Gasteiger partial charge in [0.15, 0.2) is 11.6 Å². The predicted octanol–water partition coefficient (Wildman–Crippen LogP) is 2.76. The van der Waals surface area contributed by atoms with Crippen LogP contribution < -0.4 is 10.2 Å². The van der Waals surface area contributed by atoms with Gasteiger partial charge in [-0.1, -0.05) is 12.1 Å². The van der Waals surface area contributed by atoms with Crippen molar-refractivity contribution in [1.82, 2.24) is 24.7 Å². The molecule has 1 saturated heterocycles. The lowest BCUT2D eigenvalue weighted by molar-refractivity contribution is 0.102. The van der Waals surface area contributed by atoms with Crippen molar-refractivity contribution in [1.29, 1.82) is 0 Å². The fraction of sp³-hybridized carbons (Fsp3) is 0.273. The number of rotatable bonds is 4. The summed E-state index contributed by atoms with van der Waals surface area (Å²) in [6.07, 6.45) is 0. The number of aryl methyl sites for hydroxylation is 2. The van der Waals surface area contributed by atoms with Crippen LogP contribution in [0.1, 0.15) is 16.1 Å². The Morgan fingerprint density at radius 1 is 1.13 bits per heavy atom. The lowest BCUT2D eigenvalue weighted by atomic mass is 10.2. The van der Waals surface area contributed by atoms with Crippen molar-refractivity contribution < 1.29 is 9.53 Å². The fourth-order valence-electron chi connectivity index (χ4n) is 3.76. The van der Waals surface area contributed by atoms with E-state index in [1.807, 2.05) is 50.4 Å². The number of ether oxygens (including phenoxy) is 1. The summed E-state index contributed by atoms with van der Waals surface area (Å²) in [5, 5.41) is 7.30. The molecule has 0 unspecified atom stereocenters. The van der Waals surface area contributed by atoms with Gasteiger partial charge in [0.05, 0.1) is 35.5 Å². The van der Waals surface area contributed by atoms with Crippen molar-refractivity contribution in [2.45, 2.75) is 6.92 Å². The SMILES string of the molecule is Cc1nc(N2CCOCC2)ccc1C(=O)Nc1cc(-c2nc3ccccc3[nH]2)n(C)n1. The van der Waals surface area contributed by atoms with E-state index < -0.39 is 0 Å². The Labute approximate surface area is 179 Å². The zero-order valence-corrected chi connectivity index (χ0v) is 17.4. The number of para-hydroxylation sites is 2. The van der Waals surface area contributed by atoms with Crippen LogP contribution in [0.25, 0.3) is 22.6 Å². The second-order valence-corrected chi connectivity index (χ2v) is 7.50. The number of carbonyl (C=O) groups excluding carboxylic acids is 1. The van der Waals surface area contributed by atoms with E-state index in [1.165, 1.54) is 0 Å². The predicted molar refractivity (Wildman–Crippen MR) is 118 cm³/mol. The number of H-pyrrole nitrogens is 1. The monoisotopic (exact) mass is 417 g/mol. The molecule has 9 heteroatoms. The Morgan fingerprint density at radius 3 is 2.71 bits per heavy atom. The molecule has 0 bridgehead atoms. The fourth-order valence-corrected chi connectivity index (χ4v) is 3.76. The highest BCUT2D eigenvalue weighted by atomic mass is 16.5. The van der Waals surface area contributed by atoms with E-state index in [-0.39, 0.29) is 5.91 Å². The van der Waals surface area contributed by atoms with Crippen molar-refractivity contribution in [2.75, 3.05) is 36.5 Å². The van der Waals surface area contributed by atoms with Crippen LogP contribution in [0.4, 0.5) is 11.6 Å². The molecule has 0 saturated carbocycles. The minimum atomic E-state index is -0.243. The van der Waals surface area contributed by atoms with Crippen LogP contribution in [0.2, 0.25) is 0 Å². The number of pyridine rings is 1. The van der Waals surface area contributed by atoms with Crippen molar-refractivity contribution >= 4 is 28.6 Å². The van der Waals surface area contributed by atoms with E-state index in [4.69, 9.17) is 4.74 Å². The molecule has 0 radical (unpaired) electrons. The third-order valence-corrected chi connectivity index (χ3v) is 5.40. The molecule has 1 amide bonds. The van der Waals surface area contributed by atoms with Crippen LogP contribution in [0, 0.1) is 6.92 Å². The van der Waals surface area contributed by atoms with Gasteiger partial charge < -0.3 is 19.9 Å². The number of amides is 1. The third kappa shape index (κ3) is 3.75. The van der Waals surface area contributed by atoms with Crippen LogP contribution in [0.3, 0.4) is 0 Å². The van der Waals surface area contributed by atoms with Crippen LogP contribution >= 0.6 is 0 Å². The molecule has 1 aliphatic rings. The smallest absolute Gasteiger partial charge is 0.258 e. The molecule has 1 aliphatic heterocycles. The first-order chi connectivity index (χ1) is 15.1. The molecule has 3 aromatic heterocycles. The minimum absolute atomic E-state index is 0.243. The highest BCUT2D eigenvalue weighted by molar-refractivity contribution is 6.04. The molecule has 2 N–H and O–H groups in total. The molecule has 0 aliphatic carbocycles. The quantitative estimate of drug-likeness (QED) is 0.530. The molecule has 158 valence electrons. The van der Waals surface area contributed by atoms with Crippen LogP contribution in [0.15, 0.2) is 42.5 Å². The van der Waals surface area contributed by atoms with E-state index in [1.54, 1.807) is 10.7 Å². The van der Waals surface area contributed by atoms with Gasteiger partial charge in [-0.25, -0.2) is 9.97 Å². The number of nitrogens with one attached hydrogen (secondary N) is 2. The van der Waals surface area contributed by atoms with Gasteiger partial charge in [-0.3, -0.25) is 9.48 Å². The van der Waals surface area contributed by atoms with Gasteiger partial charge in [-0.05, 0) is 31.2 Å². The van der Waals surface area contributed by atoms with Crippen LogP contribution in [-0.2, 0) is 11.8 Å². The van der Waals surface area contributed by atoms with E-state index >= 15 is 0 Å². The first-order valence-corrected chi connectivity index (χ1v) is 10.2. The molecule has 31 heavy (non-hydrogen) atoms. The lowest BCUT2D eigenvalue weighted by Crippen LogP contribution is -2.36. The van der Waals surface area contributed by atoms with Crippen molar-refractivity contribution in [3.05, 3.63) is 53.7 Å². The largest absolute Gasteiger partial charge is 0.378 e. The van der Waals surface area contributed by atoms with Gasteiger partial charge in [0, 0.05) is 26.2 Å². The Balaban J connectivity index is 1.35. The summed E-state index contributed by atoms with van der Waals surface area (Å²) in [4.78, 5) is 27.5. The van der Waals surface area contributed by atoms with Gasteiger partial charge in [-0.15, -0.1) is 0 Å². The zero-order chi connectivity index (χ0) is 21.4. The second kappa shape index (κ2) is 7.84. The Morgan fingerprint density at radius 2 is 1.94 bits per heavy atom. The number of hydrogen-bond donors (Lipinski definition) is 2. The van der Waals surface area contributed by atoms with Gasteiger partial charge in [0.2, 0.25) is 0 Å². The van der Waals surface area contributed by atoms with Gasteiger partial charge >= 0.3 is 0 Å². The summed E-state index contributed by atoms with van der Waals surface area (Å²) < 4.78 is 7.09. The average Bonchev–Trinajstić information content (AvgIpc) is 3.37. The molecule has 1 fully saturated rings. The first kappa shape index (κ1) is 19.3. The lowest BCUT2D eigenvalue weighted by Gasteiger charge is -2.28. The number of benzene rings is 1. The average molecular weight is 417 g/mol. The van der Waals surface area contributed by atoms with Gasteiger partial charge in [0.1, 0.15) is 11.5 Å². The summed E-state index contributed by atoms with van der Waals surface area (Å²) in [5.41, 5.74) is 3.81. The maximum Gasteiger partial charge on any atom is 0.258 e. The molecule has 1 aromatic carbocycles. The summed E-state index contributed by atoms with van der Waals surface area (Å²) in [5.74, 6) is 1.78. The van der Waals surface area contributed by atoms with Crippen molar-refractivity contribution in [3.8, 4) is 11.5 Å². The number of anilines is 2. The number of imidazole rings is 1. The van der Waals surface area contributed by atoms with Crippen LogP contribution in [-0.4, -0.2) is 56.9 Å². The van der Waals surface area contributed by atoms with E-state index in [0.717, 1.165) is 35.6 Å².